The van der Waals surface area contributed by atoms with Gasteiger partial charge < -0.3 is 16.0 Å². The molecule has 0 fully saturated rings. The molecule has 0 saturated heterocycles. The first-order valence-corrected chi connectivity index (χ1v) is 5.06. The van der Waals surface area contributed by atoms with E-state index in [2.05, 4.69) is 10.1 Å². The summed E-state index contributed by atoms with van der Waals surface area (Å²) >= 11 is 0. The van der Waals surface area contributed by atoms with Crippen molar-refractivity contribution >= 4 is 11.4 Å². The topological polar surface area (TPSA) is 91.0 Å². The van der Waals surface area contributed by atoms with E-state index in [1.807, 2.05) is 13.8 Å². The molecule has 0 unspecified atom stereocenters. The van der Waals surface area contributed by atoms with E-state index >= 15 is 0 Å². The van der Waals surface area contributed by atoms with Gasteiger partial charge in [-0.2, -0.15) is 4.98 Å². The maximum absolute atomic E-state index is 5.69. The summed E-state index contributed by atoms with van der Waals surface area (Å²) in [6, 6.07) is 5.20. The predicted molar refractivity (Wildman–Crippen MR) is 62.6 cm³/mol. The van der Waals surface area contributed by atoms with Crippen molar-refractivity contribution in [1.29, 1.82) is 0 Å². The van der Waals surface area contributed by atoms with Crippen LogP contribution in [0.3, 0.4) is 0 Å². The highest BCUT2D eigenvalue weighted by Crippen LogP contribution is 2.24. The molecule has 5 heteroatoms. The Labute approximate surface area is 93.4 Å². The lowest BCUT2D eigenvalue weighted by Gasteiger charge is -1.99. The highest BCUT2D eigenvalue weighted by atomic mass is 16.5. The average molecular weight is 218 g/mol. The second kappa shape index (κ2) is 3.84. The van der Waals surface area contributed by atoms with E-state index in [-0.39, 0.29) is 5.92 Å². The van der Waals surface area contributed by atoms with Crippen LogP contribution in [0.1, 0.15) is 25.6 Å². The van der Waals surface area contributed by atoms with Gasteiger partial charge in [0.2, 0.25) is 0 Å². The Morgan fingerprint density at radius 3 is 2.25 bits per heavy atom. The Morgan fingerprint density at radius 2 is 1.75 bits per heavy atom. The lowest BCUT2D eigenvalue weighted by molar-refractivity contribution is 0.419. The number of nitrogen functional groups attached to an aromatic ring is 2. The zero-order valence-corrected chi connectivity index (χ0v) is 9.27. The molecule has 1 heterocycles. The molecule has 0 aliphatic heterocycles. The van der Waals surface area contributed by atoms with Gasteiger partial charge in [-0.3, -0.25) is 0 Å². The molecular weight excluding hydrogens is 204 g/mol. The normalized spacial score (nSPS) is 10.9. The summed E-state index contributed by atoms with van der Waals surface area (Å²) in [5, 5.41) is 3.88. The summed E-state index contributed by atoms with van der Waals surface area (Å²) in [7, 11) is 0. The van der Waals surface area contributed by atoms with E-state index in [0.29, 0.717) is 23.1 Å². The van der Waals surface area contributed by atoms with E-state index in [1.165, 1.54) is 0 Å². The largest absolute Gasteiger partial charge is 0.399 e. The number of benzene rings is 1. The fraction of sp³-hybridized carbons (Fsp3) is 0.273. The third-order valence-corrected chi connectivity index (χ3v) is 2.18. The van der Waals surface area contributed by atoms with Gasteiger partial charge in [-0.15, -0.1) is 0 Å². The first-order valence-electron chi connectivity index (χ1n) is 5.06. The maximum atomic E-state index is 5.69. The molecule has 2 rings (SSSR count). The first kappa shape index (κ1) is 10.5. The Kier molecular flexibility index (Phi) is 2.52. The van der Waals surface area contributed by atoms with Crippen LogP contribution in [0.5, 0.6) is 0 Å². The number of anilines is 2. The van der Waals surface area contributed by atoms with Crippen molar-refractivity contribution in [1.82, 2.24) is 10.1 Å². The zero-order valence-electron chi connectivity index (χ0n) is 9.27. The summed E-state index contributed by atoms with van der Waals surface area (Å²) in [6.07, 6.45) is 0. The van der Waals surface area contributed by atoms with Gasteiger partial charge in [-0.25, -0.2) is 0 Å². The SMILES string of the molecule is CC(C)c1noc(-c2cc(N)cc(N)c2)n1. The molecule has 16 heavy (non-hydrogen) atoms. The van der Waals surface area contributed by atoms with Gasteiger partial charge in [0, 0.05) is 22.9 Å². The number of hydrogen-bond acceptors (Lipinski definition) is 5. The van der Waals surface area contributed by atoms with Crippen LogP contribution in [0.2, 0.25) is 0 Å². The van der Waals surface area contributed by atoms with E-state index in [0.717, 1.165) is 5.56 Å². The second-order valence-electron chi connectivity index (χ2n) is 4.00. The third kappa shape index (κ3) is 1.98. The lowest BCUT2D eigenvalue weighted by atomic mass is 10.1. The van der Waals surface area contributed by atoms with Crippen molar-refractivity contribution in [2.75, 3.05) is 11.5 Å². The van der Waals surface area contributed by atoms with Crippen molar-refractivity contribution in [3.8, 4) is 11.5 Å². The molecule has 0 aliphatic carbocycles. The molecule has 2 aromatic rings. The minimum atomic E-state index is 0.232. The summed E-state index contributed by atoms with van der Waals surface area (Å²) in [5.74, 6) is 1.36. The minimum Gasteiger partial charge on any atom is -0.399 e. The smallest absolute Gasteiger partial charge is 0.258 e. The molecule has 0 saturated carbocycles. The monoisotopic (exact) mass is 218 g/mol. The molecular formula is C11H14N4O. The first-order chi connectivity index (χ1) is 7.56. The Morgan fingerprint density at radius 1 is 1.12 bits per heavy atom. The number of nitrogens with two attached hydrogens (primary N) is 2. The third-order valence-electron chi connectivity index (χ3n) is 2.18. The zero-order chi connectivity index (χ0) is 11.7. The van der Waals surface area contributed by atoms with Gasteiger partial charge in [-0.05, 0) is 18.2 Å². The van der Waals surface area contributed by atoms with E-state index in [4.69, 9.17) is 16.0 Å². The molecule has 0 spiro atoms. The van der Waals surface area contributed by atoms with Crippen molar-refractivity contribution in [2.24, 2.45) is 0 Å². The van der Waals surface area contributed by atoms with E-state index in [1.54, 1.807) is 18.2 Å². The molecule has 1 aromatic carbocycles. The fourth-order valence-corrected chi connectivity index (χ4v) is 1.39. The summed E-state index contributed by atoms with van der Waals surface area (Å²) in [5.41, 5.74) is 13.3. The van der Waals surface area contributed by atoms with Gasteiger partial charge >= 0.3 is 0 Å². The Hall–Kier alpha value is -2.04. The fourth-order valence-electron chi connectivity index (χ4n) is 1.39. The van der Waals surface area contributed by atoms with Crippen LogP contribution in [0.15, 0.2) is 22.7 Å². The molecule has 0 amide bonds. The van der Waals surface area contributed by atoms with Crippen molar-refractivity contribution < 1.29 is 4.52 Å². The van der Waals surface area contributed by atoms with Gasteiger partial charge in [0.1, 0.15) is 0 Å². The highest BCUT2D eigenvalue weighted by Gasteiger charge is 2.11. The Bertz CT molecular complexity index is 484. The summed E-state index contributed by atoms with van der Waals surface area (Å²) in [6.45, 7) is 4.00. The van der Waals surface area contributed by atoms with Crippen LogP contribution in [0, 0.1) is 0 Å². The lowest BCUT2D eigenvalue weighted by Crippen LogP contribution is -1.92. The number of aromatic nitrogens is 2. The van der Waals surface area contributed by atoms with Crippen LogP contribution in [0.25, 0.3) is 11.5 Å². The summed E-state index contributed by atoms with van der Waals surface area (Å²) < 4.78 is 5.15. The average Bonchev–Trinajstić information content (AvgIpc) is 2.64. The molecule has 0 aliphatic rings. The van der Waals surface area contributed by atoms with Crippen LogP contribution in [-0.2, 0) is 0 Å². The summed E-state index contributed by atoms with van der Waals surface area (Å²) in [4.78, 5) is 4.27. The van der Waals surface area contributed by atoms with E-state index < -0.39 is 0 Å². The van der Waals surface area contributed by atoms with Crippen molar-refractivity contribution in [2.45, 2.75) is 19.8 Å². The molecule has 1 aromatic heterocycles. The number of hydrogen-bond donors (Lipinski definition) is 2. The maximum Gasteiger partial charge on any atom is 0.258 e. The predicted octanol–water partition coefficient (Wildman–Crippen LogP) is 2.02. The quantitative estimate of drug-likeness (QED) is 0.752. The van der Waals surface area contributed by atoms with Crippen LogP contribution in [0.4, 0.5) is 11.4 Å². The van der Waals surface area contributed by atoms with Crippen LogP contribution < -0.4 is 11.5 Å². The molecule has 0 atom stereocenters. The van der Waals surface area contributed by atoms with Crippen LogP contribution >= 0.6 is 0 Å². The minimum absolute atomic E-state index is 0.232. The highest BCUT2D eigenvalue weighted by molar-refractivity contribution is 5.67. The van der Waals surface area contributed by atoms with Gasteiger partial charge in [0.15, 0.2) is 5.82 Å². The number of rotatable bonds is 2. The molecule has 0 radical (unpaired) electrons. The van der Waals surface area contributed by atoms with Gasteiger partial charge in [0.05, 0.1) is 0 Å². The van der Waals surface area contributed by atoms with E-state index in [9.17, 15) is 0 Å². The Balaban J connectivity index is 2.42. The second-order valence-corrected chi connectivity index (χ2v) is 4.00. The molecule has 0 bridgehead atoms. The van der Waals surface area contributed by atoms with Crippen molar-refractivity contribution in [3.63, 3.8) is 0 Å². The number of nitrogens with zero attached hydrogens (tertiary/aromatic N) is 2. The molecule has 5 nitrogen and oxygen atoms in total. The van der Waals surface area contributed by atoms with Crippen LogP contribution in [-0.4, -0.2) is 10.1 Å². The van der Waals surface area contributed by atoms with Crippen molar-refractivity contribution in [3.05, 3.63) is 24.0 Å². The van der Waals surface area contributed by atoms with Gasteiger partial charge in [0.25, 0.3) is 5.89 Å². The van der Waals surface area contributed by atoms with Gasteiger partial charge in [-0.1, -0.05) is 19.0 Å². The molecule has 84 valence electrons. The molecule has 4 N–H and O–H groups in total. The standard InChI is InChI=1S/C11H14N4O/c1-6(2)10-14-11(16-15-10)7-3-8(12)5-9(13)4-7/h3-6H,12-13H2,1-2H3.